The van der Waals surface area contributed by atoms with Gasteiger partial charge in [0.25, 0.3) is 5.70 Å². The van der Waals surface area contributed by atoms with Gasteiger partial charge in [-0.05, 0) is 17.9 Å². The second-order valence-corrected chi connectivity index (χ2v) is 7.08. The summed E-state index contributed by atoms with van der Waals surface area (Å²) < 4.78 is 1.83. The fourth-order valence-corrected chi connectivity index (χ4v) is 2.75. The van der Waals surface area contributed by atoms with Gasteiger partial charge in [0.05, 0.1) is 0 Å². The predicted molar refractivity (Wildman–Crippen MR) is 104 cm³/mol. The summed E-state index contributed by atoms with van der Waals surface area (Å²) in [6.07, 6.45) is 3.75. The Balaban J connectivity index is 2.51. The average Bonchev–Trinajstić information content (AvgIpc) is 2.55. The average molecular weight is 342 g/mol. The van der Waals surface area contributed by atoms with Crippen LogP contribution in [0.1, 0.15) is 38.8 Å². The quantitative estimate of drug-likeness (QED) is 0.380. The molecule has 1 heterocycles. The number of aliphatic hydroxyl groups excluding tert-OH is 1. The number of hydrogen-bond acceptors (Lipinski definition) is 2. The minimum atomic E-state index is 0.0773. The molecule has 0 saturated carbocycles. The fraction of sp³-hybridized carbons (Fsp3) is 0.300. The summed E-state index contributed by atoms with van der Waals surface area (Å²) >= 11 is 5.47. The number of hydrogen-bond donors (Lipinski definition) is 2. The Bertz CT molecular complexity index is 728. The molecule has 0 radical (unpaired) electrons. The van der Waals surface area contributed by atoms with E-state index < -0.39 is 0 Å². The number of likely N-dealkylation sites (N-methyl/N-ethyl adjacent to an activating group) is 1. The van der Waals surface area contributed by atoms with Gasteiger partial charge in [-0.25, -0.2) is 0 Å². The molecule has 3 nitrogen and oxygen atoms in total. The Labute approximate surface area is 149 Å². The summed E-state index contributed by atoms with van der Waals surface area (Å²) in [6.45, 7) is 9.19. The highest BCUT2D eigenvalue weighted by Crippen LogP contribution is 2.24. The molecule has 0 fully saturated rings. The van der Waals surface area contributed by atoms with Crippen LogP contribution in [0.4, 0.5) is 0 Å². The molecule has 2 aromatic rings. The molecule has 2 N–H and O–H groups in total. The second-order valence-electron chi connectivity index (χ2n) is 6.67. The smallest absolute Gasteiger partial charge is 0.287 e. The molecule has 0 atom stereocenters. The van der Waals surface area contributed by atoms with Crippen molar-refractivity contribution in [3.8, 4) is 0 Å². The monoisotopic (exact) mass is 341 g/mol. The lowest BCUT2D eigenvalue weighted by Crippen LogP contribution is -2.40. The van der Waals surface area contributed by atoms with Gasteiger partial charge in [-0.15, -0.1) is 0 Å². The molecular formula is C20H25N2OS+. The molecule has 1 aromatic carbocycles. The summed E-state index contributed by atoms with van der Waals surface area (Å²) in [5, 5.41) is 14.0. The van der Waals surface area contributed by atoms with E-state index in [1.54, 1.807) is 0 Å². The Hall–Kier alpha value is -2.20. The molecule has 0 aliphatic rings. The summed E-state index contributed by atoms with van der Waals surface area (Å²) in [5.41, 5.74) is 2.63. The van der Waals surface area contributed by atoms with Gasteiger partial charge in [0.15, 0.2) is 23.1 Å². The summed E-state index contributed by atoms with van der Waals surface area (Å²) in [6, 6.07) is 13.7. The lowest BCUT2D eigenvalue weighted by atomic mass is 9.86. The first kappa shape index (κ1) is 18.1. The van der Waals surface area contributed by atoms with Crippen molar-refractivity contribution in [2.24, 2.45) is 0 Å². The highest BCUT2D eigenvalue weighted by molar-refractivity contribution is 7.81. The van der Waals surface area contributed by atoms with Gasteiger partial charge in [0.1, 0.15) is 0 Å². The summed E-state index contributed by atoms with van der Waals surface area (Å²) in [7, 11) is 0. The van der Waals surface area contributed by atoms with Crippen LogP contribution in [-0.2, 0) is 5.41 Å². The maximum atomic E-state index is 10.9. The van der Waals surface area contributed by atoms with E-state index >= 15 is 0 Å². The van der Waals surface area contributed by atoms with Gasteiger partial charge in [-0.3, -0.25) is 0 Å². The van der Waals surface area contributed by atoms with E-state index in [0.717, 1.165) is 5.56 Å². The predicted octanol–water partition coefficient (Wildman–Crippen LogP) is 4.09. The lowest BCUT2D eigenvalue weighted by molar-refractivity contribution is -0.576. The zero-order valence-electron chi connectivity index (χ0n) is 14.7. The molecule has 0 saturated heterocycles. The minimum absolute atomic E-state index is 0.0773. The summed E-state index contributed by atoms with van der Waals surface area (Å²) in [4.78, 5) is 0.520. The second kappa shape index (κ2) is 7.58. The van der Waals surface area contributed by atoms with Crippen molar-refractivity contribution in [2.45, 2.75) is 33.1 Å². The van der Waals surface area contributed by atoms with E-state index in [-0.39, 0.29) is 11.2 Å². The number of nitrogens with one attached hydrogen (secondary N) is 1. The van der Waals surface area contributed by atoms with Gasteiger partial charge in [0, 0.05) is 24.2 Å². The van der Waals surface area contributed by atoms with Crippen LogP contribution in [-0.4, -0.2) is 16.6 Å². The van der Waals surface area contributed by atoms with Gasteiger partial charge in [-0.1, -0.05) is 63.3 Å². The Morgan fingerprint density at radius 2 is 1.67 bits per heavy atom. The van der Waals surface area contributed by atoms with Crippen LogP contribution < -0.4 is 9.88 Å². The van der Waals surface area contributed by atoms with E-state index in [0.29, 0.717) is 17.2 Å². The van der Waals surface area contributed by atoms with Crippen LogP contribution >= 0.6 is 12.2 Å². The van der Waals surface area contributed by atoms with Crippen molar-refractivity contribution in [1.82, 2.24) is 5.32 Å². The normalized spacial score (nSPS) is 12.5. The van der Waals surface area contributed by atoms with E-state index in [1.807, 2.05) is 54.2 Å². The standard InChI is InChI=1S/C20H24N2OS/c1-5-21-19(24)17(22-13-7-6-8-14-22)18(23)15-9-11-16(12-10-15)20(2,3)4/h6-14H,5H2,1-4H3,(H-,21,23,24)/p+1. The number of thiocarbonyl (C=S) groups is 1. The van der Waals surface area contributed by atoms with Gasteiger partial charge in [0.2, 0.25) is 0 Å². The largest absolute Gasteiger partial charge is 0.502 e. The molecule has 0 bridgehead atoms. The maximum Gasteiger partial charge on any atom is 0.287 e. The third-order valence-corrected chi connectivity index (χ3v) is 4.11. The molecule has 0 spiro atoms. The molecule has 0 amide bonds. The van der Waals surface area contributed by atoms with Crippen LogP contribution in [0.25, 0.3) is 11.5 Å². The number of rotatable bonds is 4. The van der Waals surface area contributed by atoms with E-state index in [2.05, 4.69) is 38.2 Å². The molecule has 126 valence electrons. The van der Waals surface area contributed by atoms with Crippen LogP contribution in [0.2, 0.25) is 0 Å². The highest BCUT2D eigenvalue weighted by Gasteiger charge is 2.23. The van der Waals surface area contributed by atoms with Crippen LogP contribution in [0, 0.1) is 0 Å². The molecule has 0 unspecified atom stereocenters. The third-order valence-electron chi connectivity index (χ3n) is 3.77. The Morgan fingerprint density at radius 1 is 1.08 bits per heavy atom. The molecule has 24 heavy (non-hydrogen) atoms. The van der Waals surface area contributed by atoms with Crippen LogP contribution in [0.3, 0.4) is 0 Å². The SMILES string of the molecule is CCNC(=S)/C(=C(\O)c1ccc(C(C)(C)C)cc1)[n+]1ccccc1. The zero-order valence-corrected chi connectivity index (χ0v) is 15.5. The molecule has 1 aromatic heterocycles. The van der Waals surface area contributed by atoms with Crippen molar-refractivity contribution in [3.63, 3.8) is 0 Å². The van der Waals surface area contributed by atoms with Gasteiger partial charge < -0.3 is 10.4 Å². The first-order valence-corrected chi connectivity index (χ1v) is 8.54. The Kier molecular flexibility index (Phi) is 5.73. The molecule has 2 rings (SSSR count). The minimum Gasteiger partial charge on any atom is -0.502 e. The third kappa shape index (κ3) is 4.20. The first-order chi connectivity index (χ1) is 11.3. The number of nitrogens with zero attached hydrogens (tertiary/aromatic N) is 1. The molecule has 0 aliphatic carbocycles. The van der Waals surface area contributed by atoms with Gasteiger partial charge >= 0.3 is 0 Å². The van der Waals surface area contributed by atoms with Crippen molar-refractivity contribution >= 4 is 28.7 Å². The number of aliphatic hydroxyl groups is 1. The fourth-order valence-electron chi connectivity index (χ4n) is 2.40. The van der Waals surface area contributed by atoms with Crippen molar-refractivity contribution in [3.05, 3.63) is 66.0 Å². The Morgan fingerprint density at radius 3 is 2.17 bits per heavy atom. The molecule has 0 aliphatic heterocycles. The summed E-state index contributed by atoms with van der Waals surface area (Å²) in [5.74, 6) is 0.164. The number of aromatic nitrogens is 1. The molecule has 4 heteroatoms. The van der Waals surface area contributed by atoms with Crippen molar-refractivity contribution in [1.29, 1.82) is 0 Å². The van der Waals surface area contributed by atoms with Crippen molar-refractivity contribution < 1.29 is 9.67 Å². The van der Waals surface area contributed by atoms with E-state index in [1.165, 1.54) is 5.56 Å². The van der Waals surface area contributed by atoms with Gasteiger partial charge in [-0.2, -0.15) is 4.57 Å². The van der Waals surface area contributed by atoms with Crippen LogP contribution in [0.15, 0.2) is 54.9 Å². The number of benzene rings is 1. The van der Waals surface area contributed by atoms with Crippen LogP contribution in [0.5, 0.6) is 0 Å². The number of pyridine rings is 1. The topological polar surface area (TPSA) is 36.1 Å². The molecular weight excluding hydrogens is 316 g/mol. The van der Waals surface area contributed by atoms with E-state index in [4.69, 9.17) is 12.2 Å². The lowest BCUT2D eigenvalue weighted by Gasteiger charge is -2.19. The van der Waals surface area contributed by atoms with E-state index in [9.17, 15) is 5.11 Å². The van der Waals surface area contributed by atoms with Crippen molar-refractivity contribution in [2.75, 3.05) is 6.54 Å². The maximum absolute atomic E-state index is 10.9. The highest BCUT2D eigenvalue weighted by atomic mass is 32.1. The zero-order chi connectivity index (χ0) is 17.7. The first-order valence-electron chi connectivity index (χ1n) is 8.13.